The molecule has 4 heteroatoms. The molecule has 27 heavy (non-hydrogen) atoms. The Morgan fingerprint density at radius 2 is 1.48 bits per heavy atom. The second-order valence-corrected chi connectivity index (χ2v) is 7.08. The second-order valence-electron chi connectivity index (χ2n) is 6.70. The van der Waals surface area contributed by atoms with E-state index < -0.39 is 0 Å². The molecule has 2 aromatic heterocycles. The molecule has 2 N–H and O–H groups in total. The number of imidazole rings is 1. The Kier molecular flexibility index (Phi) is 3.73. The molecule has 3 nitrogen and oxygen atoms in total. The molecule has 0 spiro atoms. The standard InChI is InChI=1S/C23H19N3S/c1-2-26-20-13-17-18(14-19(20)25-23(26)27)24-22(16-11-7-4-8-12-16)21(17)15-9-5-3-6-10-15/h3-14,24H,2H2,1H3,(H,25,27). The smallest absolute Gasteiger partial charge is 0.178 e. The fourth-order valence-electron chi connectivity index (χ4n) is 3.89. The van der Waals surface area contributed by atoms with E-state index in [-0.39, 0.29) is 0 Å². The van der Waals surface area contributed by atoms with Crippen molar-refractivity contribution in [3.63, 3.8) is 0 Å². The Hall–Kier alpha value is -3.11. The molecular formula is C23H19N3S. The van der Waals surface area contributed by atoms with Crippen LogP contribution in [0.2, 0.25) is 0 Å². The van der Waals surface area contributed by atoms with Crippen LogP contribution in [-0.2, 0) is 6.54 Å². The maximum absolute atomic E-state index is 5.49. The first-order valence-corrected chi connectivity index (χ1v) is 9.56. The summed E-state index contributed by atoms with van der Waals surface area (Å²) in [6, 6.07) is 25.5. The number of aryl methyl sites for hydroxylation is 1. The monoisotopic (exact) mass is 369 g/mol. The Bertz CT molecular complexity index is 1310. The van der Waals surface area contributed by atoms with Gasteiger partial charge in [-0.1, -0.05) is 60.7 Å². The van der Waals surface area contributed by atoms with Crippen LogP contribution in [0.1, 0.15) is 6.92 Å². The summed E-state index contributed by atoms with van der Waals surface area (Å²) in [7, 11) is 0. The second kappa shape index (κ2) is 6.25. The van der Waals surface area contributed by atoms with Gasteiger partial charge in [-0.25, -0.2) is 0 Å². The molecule has 0 radical (unpaired) electrons. The molecule has 0 unspecified atom stereocenters. The number of nitrogens with zero attached hydrogens (tertiary/aromatic N) is 1. The molecule has 0 saturated heterocycles. The first kappa shape index (κ1) is 16.1. The first-order chi connectivity index (χ1) is 13.3. The summed E-state index contributed by atoms with van der Waals surface area (Å²) in [5.74, 6) is 0. The molecule has 0 aliphatic heterocycles. The number of rotatable bonds is 3. The van der Waals surface area contributed by atoms with Crippen molar-refractivity contribution in [3.05, 3.63) is 77.6 Å². The minimum atomic E-state index is 0.768. The van der Waals surface area contributed by atoms with E-state index in [0.29, 0.717) is 0 Å². The summed E-state index contributed by atoms with van der Waals surface area (Å²) in [4.78, 5) is 6.99. The fourth-order valence-corrected chi connectivity index (χ4v) is 4.22. The number of nitrogens with one attached hydrogen (secondary N) is 2. The largest absolute Gasteiger partial charge is 0.354 e. The maximum Gasteiger partial charge on any atom is 0.178 e. The molecule has 0 atom stereocenters. The Morgan fingerprint density at radius 3 is 2.15 bits per heavy atom. The Labute approximate surface area is 162 Å². The van der Waals surface area contributed by atoms with Crippen molar-refractivity contribution >= 4 is 34.2 Å². The molecule has 2 heterocycles. The zero-order chi connectivity index (χ0) is 18.4. The van der Waals surface area contributed by atoms with Gasteiger partial charge in [0.2, 0.25) is 0 Å². The normalized spacial score (nSPS) is 11.4. The third-order valence-electron chi connectivity index (χ3n) is 5.13. The SMILES string of the molecule is CCn1c(=S)[nH]c2cc3[nH]c(-c4ccccc4)c(-c4ccccc4)c3cc21. The zero-order valence-electron chi connectivity index (χ0n) is 15.0. The summed E-state index contributed by atoms with van der Waals surface area (Å²) >= 11 is 5.49. The van der Waals surface area contributed by atoms with Crippen molar-refractivity contribution in [2.75, 3.05) is 0 Å². The van der Waals surface area contributed by atoms with E-state index in [1.165, 1.54) is 22.1 Å². The lowest BCUT2D eigenvalue weighted by Crippen LogP contribution is -1.92. The molecule has 0 fully saturated rings. The quantitative estimate of drug-likeness (QED) is 0.348. The summed E-state index contributed by atoms with van der Waals surface area (Å²) in [5, 5.41) is 1.21. The molecule has 0 amide bonds. The molecule has 0 bridgehead atoms. The van der Waals surface area contributed by atoms with Crippen molar-refractivity contribution < 1.29 is 0 Å². The van der Waals surface area contributed by atoms with Gasteiger partial charge < -0.3 is 14.5 Å². The lowest BCUT2D eigenvalue weighted by atomic mass is 9.98. The van der Waals surface area contributed by atoms with Gasteiger partial charge in [-0.3, -0.25) is 0 Å². The number of hydrogen-bond donors (Lipinski definition) is 2. The minimum Gasteiger partial charge on any atom is -0.354 e. The van der Waals surface area contributed by atoms with Gasteiger partial charge >= 0.3 is 0 Å². The van der Waals surface area contributed by atoms with Gasteiger partial charge in [0, 0.05) is 23.0 Å². The highest BCUT2D eigenvalue weighted by Gasteiger charge is 2.17. The van der Waals surface area contributed by atoms with Gasteiger partial charge in [0.05, 0.1) is 16.7 Å². The van der Waals surface area contributed by atoms with Crippen molar-refractivity contribution in [3.8, 4) is 22.4 Å². The topological polar surface area (TPSA) is 36.5 Å². The van der Waals surface area contributed by atoms with Gasteiger partial charge in [-0.2, -0.15) is 0 Å². The van der Waals surface area contributed by atoms with Crippen LogP contribution in [0.4, 0.5) is 0 Å². The van der Waals surface area contributed by atoms with Gasteiger partial charge in [-0.05, 0) is 42.4 Å². The number of benzene rings is 3. The summed E-state index contributed by atoms with van der Waals surface area (Å²) in [5.41, 5.74) is 8.09. The van der Waals surface area contributed by atoms with Crippen molar-refractivity contribution in [1.82, 2.24) is 14.5 Å². The molecule has 5 aromatic rings. The first-order valence-electron chi connectivity index (χ1n) is 9.15. The van der Waals surface area contributed by atoms with Crippen LogP contribution in [0.3, 0.4) is 0 Å². The van der Waals surface area contributed by atoms with Crippen LogP contribution in [-0.4, -0.2) is 14.5 Å². The van der Waals surface area contributed by atoms with Crippen molar-refractivity contribution in [2.24, 2.45) is 0 Å². The van der Waals surface area contributed by atoms with Crippen LogP contribution in [0, 0.1) is 4.77 Å². The Morgan fingerprint density at radius 1 is 0.815 bits per heavy atom. The number of aromatic nitrogens is 3. The molecule has 132 valence electrons. The van der Waals surface area contributed by atoms with Crippen molar-refractivity contribution in [1.29, 1.82) is 0 Å². The Balaban J connectivity index is 1.91. The maximum atomic E-state index is 5.49. The number of H-pyrrole nitrogens is 2. The van der Waals surface area contributed by atoms with Crippen LogP contribution in [0.25, 0.3) is 44.3 Å². The third kappa shape index (κ3) is 2.53. The van der Waals surface area contributed by atoms with E-state index in [1.54, 1.807) is 0 Å². The fraction of sp³-hybridized carbons (Fsp3) is 0.0870. The summed E-state index contributed by atoms with van der Waals surface area (Å²) in [6.07, 6.45) is 0. The third-order valence-corrected chi connectivity index (χ3v) is 5.46. The van der Waals surface area contributed by atoms with E-state index >= 15 is 0 Å². The highest BCUT2D eigenvalue weighted by molar-refractivity contribution is 7.71. The van der Waals surface area contributed by atoms with Gasteiger partial charge in [-0.15, -0.1) is 0 Å². The lowest BCUT2D eigenvalue weighted by molar-refractivity contribution is 0.774. The molecular weight excluding hydrogens is 350 g/mol. The highest BCUT2D eigenvalue weighted by Crippen LogP contribution is 2.39. The van der Waals surface area contributed by atoms with E-state index in [9.17, 15) is 0 Å². The van der Waals surface area contributed by atoms with Gasteiger partial charge in [0.15, 0.2) is 4.77 Å². The number of aromatic amines is 2. The van der Waals surface area contributed by atoms with E-state index in [0.717, 1.165) is 33.6 Å². The van der Waals surface area contributed by atoms with E-state index in [1.807, 2.05) is 6.07 Å². The van der Waals surface area contributed by atoms with Crippen LogP contribution >= 0.6 is 12.2 Å². The summed E-state index contributed by atoms with van der Waals surface area (Å²) in [6.45, 7) is 2.97. The van der Waals surface area contributed by atoms with E-state index in [2.05, 4.69) is 88.2 Å². The van der Waals surface area contributed by atoms with Crippen LogP contribution in [0.15, 0.2) is 72.8 Å². The predicted octanol–water partition coefficient (Wildman–Crippen LogP) is 6.53. The van der Waals surface area contributed by atoms with Gasteiger partial charge in [0.1, 0.15) is 0 Å². The van der Waals surface area contributed by atoms with Crippen LogP contribution < -0.4 is 0 Å². The van der Waals surface area contributed by atoms with E-state index in [4.69, 9.17) is 12.2 Å². The average Bonchev–Trinajstić information content (AvgIpc) is 3.23. The summed E-state index contributed by atoms with van der Waals surface area (Å²) < 4.78 is 2.92. The molecule has 0 aliphatic carbocycles. The number of fused-ring (bicyclic) bond motifs is 2. The van der Waals surface area contributed by atoms with Crippen LogP contribution in [0.5, 0.6) is 0 Å². The average molecular weight is 369 g/mol. The molecule has 0 saturated carbocycles. The molecule has 3 aromatic carbocycles. The zero-order valence-corrected chi connectivity index (χ0v) is 15.8. The minimum absolute atomic E-state index is 0.768. The van der Waals surface area contributed by atoms with Gasteiger partial charge in [0.25, 0.3) is 0 Å². The predicted molar refractivity (Wildman–Crippen MR) is 116 cm³/mol. The molecule has 5 rings (SSSR count). The molecule has 0 aliphatic rings. The number of hydrogen-bond acceptors (Lipinski definition) is 1. The lowest BCUT2D eigenvalue weighted by Gasteiger charge is -2.06. The highest BCUT2D eigenvalue weighted by atomic mass is 32.1. The van der Waals surface area contributed by atoms with Crippen molar-refractivity contribution in [2.45, 2.75) is 13.5 Å².